The molecule has 1 aromatic rings. The SMILES string of the molecule is CN=C(NCCCCN1CCCC(C)C1)N1CCC(c2ccc(OC)cc2)C1. The monoisotopic (exact) mass is 386 g/mol. The fraction of sp³-hybridized carbons (Fsp3) is 0.696. The number of methoxy groups -OCH3 is 1. The van der Waals surface area contributed by atoms with Gasteiger partial charge < -0.3 is 19.9 Å². The summed E-state index contributed by atoms with van der Waals surface area (Å²) in [4.78, 5) is 9.57. The van der Waals surface area contributed by atoms with E-state index in [1.54, 1.807) is 7.11 Å². The molecule has 2 saturated heterocycles. The summed E-state index contributed by atoms with van der Waals surface area (Å²) in [5, 5.41) is 3.59. The molecule has 1 aromatic carbocycles. The average Bonchev–Trinajstić information content (AvgIpc) is 3.21. The Morgan fingerprint density at radius 1 is 1.14 bits per heavy atom. The molecule has 2 aliphatic heterocycles. The molecule has 1 N–H and O–H groups in total. The molecule has 0 bridgehead atoms. The summed E-state index contributed by atoms with van der Waals surface area (Å²) in [5.41, 5.74) is 1.40. The van der Waals surface area contributed by atoms with Crippen molar-refractivity contribution < 1.29 is 4.74 Å². The van der Waals surface area contributed by atoms with Crippen LogP contribution < -0.4 is 10.1 Å². The molecule has 0 radical (unpaired) electrons. The summed E-state index contributed by atoms with van der Waals surface area (Å²) in [6.45, 7) is 9.33. The molecule has 0 aliphatic carbocycles. The topological polar surface area (TPSA) is 40.1 Å². The summed E-state index contributed by atoms with van der Waals surface area (Å²) in [6.07, 6.45) is 6.43. The Kier molecular flexibility index (Phi) is 8.01. The fourth-order valence-electron chi connectivity index (χ4n) is 4.58. The molecule has 2 fully saturated rings. The number of hydrogen-bond donors (Lipinski definition) is 1. The van der Waals surface area contributed by atoms with E-state index in [0.717, 1.165) is 37.3 Å². The molecule has 0 aromatic heterocycles. The second-order valence-corrected chi connectivity index (χ2v) is 8.43. The van der Waals surface area contributed by atoms with Crippen LogP contribution >= 0.6 is 0 Å². The average molecular weight is 387 g/mol. The summed E-state index contributed by atoms with van der Waals surface area (Å²) in [6, 6.07) is 8.53. The third kappa shape index (κ3) is 5.87. The number of hydrogen-bond acceptors (Lipinski definition) is 3. The highest BCUT2D eigenvalue weighted by Gasteiger charge is 2.26. The van der Waals surface area contributed by atoms with Crippen molar-refractivity contribution in [2.24, 2.45) is 10.9 Å². The van der Waals surface area contributed by atoms with Crippen LogP contribution in [0.5, 0.6) is 5.75 Å². The Bertz CT molecular complexity index is 616. The van der Waals surface area contributed by atoms with Gasteiger partial charge in [-0.3, -0.25) is 4.99 Å². The van der Waals surface area contributed by atoms with Crippen molar-refractivity contribution in [1.82, 2.24) is 15.1 Å². The second kappa shape index (κ2) is 10.7. The molecular weight excluding hydrogens is 348 g/mol. The van der Waals surface area contributed by atoms with Crippen LogP contribution in [0.4, 0.5) is 0 Å². The minimum absolute atomic E-state index is 0.575. The zero-order chi connectivity index (χ0) is 19.8. The quantitative estimate of drug-likeness (QED) is 0.442. The Morgan fingerprint density at radius 3 is 2.68 bits per heavy atom. The second-order valence-electron chi connectivity index (χ2n) is 8.43. The third-order valence-electron chi connectivity index (χ3n) is 6.21. The molecule has 0 amide bonds. The highest BCUT2D eigenvalue weighted by molar-refractivity contribution is 5.80. The Morgan fingerprint density at radius 2 is 1.96 bits per heavy atom. The molecule has 2 heterocycles. The molecule has 5 heteroatoms. The predicted octanol–water partition coefficient (Wildman–Crippen LogP) is 3.57. The van der Waals surface area contributed by atoms with Gasteiger partial charge in [-0.25, -0.2) is 0 Å². The van der Waals surface area contributed by atoms with Gasteiger partial charge in [-0.2, -0.15) is 0 Å². The van der Waals surface area contributed by atoms with E-state index >= 15 is 0 Å². The maximum Gasteiger partial charge on any atom is 0.193 e. The Hall–Kier alpha value is -1.75. The Balaban J connectivity index is 1.37. The fourth-order valence-corrected chi connectivity index (χ4v) is 4.58. The number of piperidine rings is 1. The van der Waals surface area contributed by atoms with Crippen LogP contribution in [-0.4, -0.2) is 69.2 Å². The minimum Gasteiger partial charge on any atom is -0.497 e. The van der Waals surface area contributed by atoms with E-state index in [0.29, 0.717) is 5.92 Å². The first-order valence-electron chi connectivity index (χ1n) is 11.0. The van der Waals surface area contributed by atoms with Crippen LogP contribution in [-0.2, 0) is 0 Å². The van der Waals surface area contributed by atoms with Gasteiger partial charge in [0.1, 0.15) is 5.75 Å². The summed E-state index contributed by atoms with van der Waals surface area (Å²) in [7, 11) is 3.62. The molecule has 28 heavy (non-hydrogen) atoms. The van der Waals surface area contributed by atoms with Crippen molar-refractivity contribution in [3.05, 3.63) is 29.8 Å². The Labute approximate surface area is 171 Å². The lowest BCUT2D eigenvalue weighted by Crippen LogP contribution is -2.40. The van der Waals surface area contributed by atoms with E-state index in [1.165, 1.54) is 57.3 Å². The molecule has 0 spiro atoms. The van der Waals surface area contributed by atoms with Gasteiger partial charge in [0.2, 0.25) is 0 Å². The van der Waals surface area contributed by atoms with E-state index in [9.17, 15) is 0 Å². The van der Waals surface area contributed by atoms with Gasteiger partial charge in [-0.1, -0.05) is 19.1 Å². The van der Waals surface area contributed by atoms with Gasteiger partial charge in [0.15, 0.2) is 5.96 Å². The van der Waals surface area contributed by atoms with Crippen molar-refractivity contribution >= 4 is 5.96 Å². The summed E-state index contributed by atoms with van der Waals surface area (Å²) >= 11 is 0. The van der Waals surface area contributed by atoms with Crippen molar-refractivity contribution in [1.29, 1.82) is 0 Å². The summed E-state index contributed by atoms with van der Waals surface area (Å²) < 4.78 is 5.27. The molecule has 5 nitrogen and oxygen atoms in total. The molecule has 2 aliphatic rings. The number of aliphatic imine (C=N–C) groups is 1. The van der Waals surface area contributed by atoms with Crippen molar-refractivity contribution in [2.75, 3.05) is 53.4 Å². The maximum absolute atomic E-state index is 5.27. The van der Waals surface area contributed by atoms with E-state index < -0.39 is 0 Å². The van der Waals surface area contributed by atoms with Crippen LogP contribution in [0.2, 0.25) is 0 Å². The number of guanidine groups is 1. The number of nitrogens with zero attached hydrogens (tertiary/aromatic N) is 3. The van der Waals surface area contributed by atoms with E-state index in [1.807, 2.05) is 7.05 Å². The van der Waals surface area contributed by atoms with Crippen molar-refractivity contribution in [3.8, 4) is 5.75 Å². The van der Waals surface area contributed by atoms with Gasteiger partial charge in [-0.05, 0) is 68.8 Å². The first-order valence-corrected chi connectivity index (χ1v) is 11.0. The van der Waals surface area contributed by atoms with Crippen LogP contribution in [0.15, 0.2) is 29.3 Å². The largest absolute Gasteiger partial charge is 0.497 e. The number of benzene rings is 1. The highest BCUT2D eigenvalue weighted by atomic mass is 16.5. The molecule has 2 unspecified atom stereocenters. The first-order chi connectivity index (χ1) is 13.7. The van der Waals surface area contributed by atoms with Gasteiger partial charge in [-0.15, -0.1) is 0 Å². The molecular formula is C23H38N4O. The zero-order valence-electron chi connectivity index (χ0n) is 18.0. The maximum atomic E-state index is 5.27. The zero-order valence-corrected chi connectivity index (χ0v) is 18.0. The van der Waals surface area contributed by atoms with Crippen LogP contribution in [0.25, 0.3) is 0 Å². The van der Waals surface area contributed by atoms with E-state index in [-0.39, 0.29) is 0 Å². The number of nitrogens with one attached hydrogen (secondary N) is 1. The minimum atomic E-state index is 0.575. The number of unbranched alkanes of at least 4 members (excludes halogenated alkanes) is 1. The van der Waals surface area contributed by atoms with E-state index in [2.05, 4.69) is 51.3 Å². The smallest absolute Gasteiger partial charge is 0.193 e. The highest BCUT2D eigenvalue weighted by Crippen LogP contribution is 2.28. The van der Waals surface area contributed by atoms with Gasteiger partial charge >= 0.3 is 0 Å². The van der Waals surface area contributed by atoms with Gasteiger partial charge in [0.25, 0.3) is 0 Å². The van der Waals surface area contributed by atoms with Crippen molar-refractivity contribution in [3.63, 3.8) is 0 Å². The number of rotatable bonds is 7. The van der Waals surface area contributed by atoms with E-state index in [4.69, 9.17) is 4.74 Å². The molecule has 156 valence electrons. The standard InChI is InChI=1S/C23H38N4O/c1-19-7-6-15-26(17-19)14-5-4-13-25-23(24-2)27-16-12-21(18-27)20-8-10-22(28-3)11-9-20/h8-11,19,21H,4-7,12-18H2,1-3H3,(H,24,25). The van der Waals surface area contributed by atoms with Crippen LogP contribution in [0.1, 0.15) is 50.5 Å². The lowest BCUT2D eigenvalue weighted by atomic mass is 9.98. The lowest BCUT2D eigenvalue weighted by Gasteiger charge is -2.30. The van der Waals surface area contributed by atoms with Crippen molar-refractivity contribution in [2.45, 2.75) is 44.9 Å². The molecule has 0 saturated carbocycles. The predicted molar refractivity (Wildman–Crippen MR) is 117 cm³/mol. The lowest BCUT2D eigenvalue weighted by molar-refractivity contribution is 0.181. The number of likely N-dealkylation sites (tertiary alicyclic amines) is 2. The number of ether oxygens (including phenoxy) is 1. The first kappa shape index (κ1) is 21.0. The van der Waals surface area contributed by atoms with Crippen LogP contribution in [0, 0.1) is 5.92 Å². The summed E-state index contributed by atoms with van der Waals surface area (Å²) in [5.74, 6) is 3.43. The van der Waals surface area contributed by atoms with Gasteiger partial charge in [0, 0.05) is 39.1 Å². The molecule has 3 rings (SSSR count). The molecule has 2 atom stereocenters. The third-order valence-corrected chi connectivity index (χ3v) is 6.21. The van der Waals surface area contributed by atoms with Gasteiger partial charge in [0.05, 0.1) is 7.11 Å². The normalized spacial score (nSPS) is 23.8. The van der Waals surface area contributed by atoms with Crippen LogP contribution in [0.3, 0.4) is 0 Å².